The van der Waals surface area contributed by atoms with Crippen molar-refractivity contribution in [3.63, 3.8) is 0 Å². The van der Waals surface area contributed by atoms with Crippen LogP contribution in [0.5, 0.6) is 0 Å². The maximum atomic E-state index is 11.0. The van der Waals surface area contributed by atoms with Crippen LogP contribution < -0.4 is 5.32 Å². The van der Waals surface area contributed by atoms with Crippen molar-refractivity contribution in [3.8, 4) is 0 Å². The lowest BCUT2D eigenvalue weighted by atomic mass is 9.95. The lowest BCUT2D eigenvalue weighted by Gasteiger charge is -2.13. The molecule has 0 radical (unpaired) electrons. The van der Waals surface area contributed by atoms with Crippen LogP contribution in [0.15, 0.2) is 0 Å². The summed E-state index contributed by atoms with van der Waals surface area (Å²) in [6.07, 6.45) is 2.29. The summed E-state index contributed by atoms with van der Waals surface area (Å²) in [5.41, 5.74) is 0. The van der Waals surface area contributed by atoms with Crippen molar-refractivity contribution in [2.45, 2.75) is 32.7 Å². The van der Waals surface area contributed by atoms with Crippen molar-refractivity contribution in [1.29, 1.82) is 0 Å². The van der Waals surface area contributed by atoms with E-state index in [0.717, 1.165) is 13.0 Å². The van der Waals surface area contributed by atoms with E-state index in [-0.39, 0.29) is 6.04 Å². The molecule has 2 atom stereocenters. The van der Waals surface area contributed by atoms with Gasteiger partial charge in [-0.2, -0.15) is 0 Å². The summed E-state index contributed by atoms with van der Waals surface area (Å²) in [6.45, 7) is 4.84. The molecule has 2 heteroatoms. The molecule has 0 bridgehead atoms. The Balaban J connectivity index is 2.50. The monoisotopic (exact) mass is 141 g/mol. The van der Waals surface area contributed by atoms with E-state index in [1.807, 2.05) is 0 Å². The molecule has 2 nitrogen and oxygen atoms in total. The zero-order chi connectivity index (χ0) is 7.56. The SMILES string of the molecule is CC[C@H]1CCN[C@H]1C(C)=O. The van der Waals surface area contributed by atoms with Gasteiger partial charge in [0, 0.05) is 0 Å². The Morgan fingerprint density at radius 3 is 2.80 bits per heavy atom. The molecule has 0 aliphatic carbocycles. The van der Waals surface area contributed by atoms with E-state index in [1.54, 1.807) is 6.92 Å². The van der Waals surface area contributed by atoms with Gasteiger partial charge in [-0.1, -0.05) is 13.3 Å². The summed E-state index contributed by atoms with van der Waals surface area (Å²) < 4.78 is 0. The molecule has 0 spiro atoms. The fraction of sp³-hybridized carbons (Fsp3) is 0.875. The van der Waals surface area contributed by atoms with Crippen LogP contribution in [-0.2, 0) is 4.79 Å². The first-order valence-corrected chi connectivity index (χ1v) is 3.99. The molecule has 58 valence electrons. The summed E-state index contributed by atoms with van der Waals surface area (Å²) >= 11 is 0. The summed E-state index contributed by atoms with van der Waals surface area (Å²) in [7, 11) is 0. The Labute approximate surface area is 62.0 Å². The Morgan fingerprint density at radius 1 is 1.70 bits per heavy atom. The van der Waals surface area contributed by atoms with Gasteiger partial charge < -0.3 is 5.32 Å². The van der Waals surface area contributed by atoms with Crippen LogP contribution in [0.4, 0.5) is 0 Å². The van der Waals surface area contributed by atoms with E-state index in [9.17, 15) is 4.79 Å². The molecular weight excluding hydrogens is 126 g/mol. The molecule has 0 saturated carbocycles. The molecule has 0 aromatic carbocycles. The first-order chi connectivity index (χ1) is 4.75. The number of carbonyl (C=O) groups is 1. The molecule has 1 fully saturated rings. The van der Waals surface area contributed by atoms with Gasteiger partial charge in [-0.05, 0) is 25.8 Å². The molecule has 0 amide bonds. The van der Waals surface area contributed by atoms with Gasteiger partial charge in [0.1, 0.15) is 5.78 Å². The smallest absolute Gasteiger partial charge is 0.146 e. The van der Waals surface area contributed by atoms with Gasteiger partial charge >= 0.3 is 0 Å². The minimum Gasteiger partial charge on any atom is -0.307 e. The number of carbonyl (C=O) groups excluding carboxylic acids is 1. The van der Waals surface area contributed by atoms with E-state index in [1.165, 1.54) is 6.42 Å². The zero-order valence-electron chi connectivity index (χ0n) is 6.68. The number of hydrogen-bond acceptors (Lipinski definition) is 2. The number of nitrogens with one attached hydrogen (secondary N) is 1. The molecule has 1 N–H and O–H groups in total. The predicted octanol–water partition coefficient (Wildman–Crippen LogP) is 0.964. The van der Waals surface area contributed by atoms with Crippen molar-refractivity contribution in [3.05, 3.63) is 0 Å². The van der Waals surface area contributed by atoms with Crippen LogP contribution in [-0.4, -0.2) is 18.4 Å². The molecule has 1 rings (SSSR count). The molecule has 10 heavy (non-hydrogen) atoms. The fourth-order valence-electron chi connectivity index (χ4n) is 1.67. The molecule has 1 aliphatic heterocycles. The lowest BCUT2D eigenvalue weighted by Crippen LogP contribution is -2.33. The Bertz CT molecular complexity index is 133. The second-order valence-electron chi connectivity index (χ2n) is 3.00. The maximum Gasteiger partial charge on any atom is 0.146 e. The van der Waals surface area contributed by atoms with Gasteiger partial charge in [0.25, 0.3) is 0 Å². The van der Waals surface area contributed by atoms with Gasteiger partial charge in [0.15, 0.2) is 0 Å². The fourth-order valence-corrected chi connectivity index (χ4v) is 1.67. The first kappa shape index (κ1) is 7.73. The Morgan fingerprint density at radius 2 is 2.40 bits per heavy atom. The van der Waals surface area contributed by atoms with Crippen LogP contribution in [0.25, 0.3) is 0 Å². The molecule has 1 aliphatic rings. The van der Waals surface area contributed by atoms with E-state index in [0.29, 0.717) is 11.7 Å². The molecule has 0 aromatic heterocycles. The number of hydrogen-bond donors (Lipinski definition) is 1. The van der Waals surface area contributed by atoms with Crippen molar-refractivity contribution < 1.29 is 4.79 Å². The van der Waals surface area contributed by atoms with E-state index >= 15 is 0 Å². The number of rotatable bonds is 2. The molecular formula is C8H15NO. The number of Topliss-reactive ketones (excluding diaryl/α,β-unsaturated/α-hetero) is 1. The van der Waals surface area contributed by atoms with E-state index in [2.05, 4.69) is 12.2 Å². The van der Waals surface area contributed by atoms with Crippen LogP contribution in [0.3, 0.4) is 0 Å². The predicted molar refractivity (Wildman–Crippen MR) is 40.9 cm³/mol. The van der Waals surface area contributed by atoms with Gasteiger partial charge in [-0.25, -0.2) is 0 Å². The highest BCUT2D eigenvalue weighted by molar-refractivity contribution is 5.82. The minimum absolute atomic E-state index is 0.157. The quantitative estimate of drug-likeness (QED) is 0.620. The molecule has 1 heterocycles. The van der Waals surface area contributed by atoms with Crippen molar-refractivity contribution in [1.82, 2.24) is 5.32 Å². The lowest BCUT2D eigenvalue weighted by molar-refractivity contribution is -0.119. The van der Waals surface area contributed by atoms with Gasteiger partial charge in [-0.3, -0.25) is 4.79 Å². The normalized spacial score (nSPS) is 32.6. The van der Waals surface area contributed by atoms with Crippen LogP contribution >= 0.6 is 0 Å². The largest absolute Gasteiger partial charge is 0.307 e. The Hall–Kier alpha value is -0.370. The first-order valence-electron chi connectivity index (χ1n) is 3.99. The topological polar surface area (TPSA) is 29.1 Å². The van der Waals surface area contributed by atoms with E-state index in [4.69, 9.17) is 0 Å². The second-order valence-corrected chi connectivity index (χ2v) is 3.00. The molecule has 0 unspecified atom stereocenters. The van der Waals surface area contributed by atoms with Gasteiger partial charge in [0.05, 0.1) is 6.04 Å². The van der Waals surface area contributed by atoms with Crippen LogP contribution in [0, 0.1) is 5.92 Å². The highest BCUT2D eigenvalue weighted by atomic mass is 16.1. The summed E-state index contributed by atoms with van der Waals surface area (Å²) in [4.78, 5) is 11.0. The van der Waals surface area contributed by atoms with Crippen LogP contribution in [0.1, 0.15) is 26.7 Å². The van der Waals surface area contributed by atoms with Gasteiger partial charge in [-0.15, -0.1) is 0 Å². The summed E-state index contributed by atoms with van der Waals surface area (Å²) in [5, 5.41) is 3.21. The van der Waals surface area contributed by atoms with Crippen molar-refractivity contribution in [2.24, 2.45) is 5.92 Å². The highest BCUT2D eigenvalue weighted by Gasteiger charge is 2.28. The van der Waals surface area contributed by atoms with Crippen molar-refractivity contribution >= 4 is 5.78 Å². The number of ketones is 1. The van der Waals surface area contributed by atoms with Crippen LogP contribution in [0.2, 0.25) is 0 Å². The van der Waals surface area contributed by atoms with E-state index < -0.39 is 0 Å². The Kier molecular flexibility index (Phi) is 2.44. The summed E-state index contributed by atoms with van der Waals surface area (Å²) in [6, 6.07) is 0.157. The third-order valence-electron chi connectivity index (χ3n) is 2.31. The molecule has 0 aromatic rings. The van der Waals surface area contributed by atoms with Crippen molar-refractivity contribution in [2.75, 3.05) is 6.54 Å². The second kappa shape index (κ2) is 3.15. The highest BCUT2D eigenvalue weighted by Crippen LogP contribution is 2.18. The third-order valence-corrected chi connectivity index (χ3v) is 2.31. The average molecular weight is 141 g/mol. The third kappa shape index (κ3) is 1.37. The van der Waals surface area contributed by atoms with Gasteiger partial charge in [0.2, 0.25) is 0 Å². The minimum atomic E-state index is 0.157. The standard InChI is InChI=1S/C8H15NO/c1-3-7-4-5-9-8(7)6(2)10/h7-9H,3-5H2,1-2H3/t7-,8-/m0/s1. The zero-order valence-corrected chi connectivity index (χ0v) is 6.68. The average Bonchev–Trinajstić information content (AvgIpc) is 2.33. The molecule has 1 saturated heterocycles. The summed E-state index contributed by atoms with van der Waals surface area (Å²) in [5.74, 6) is 0.891. The maximum absolute atomic E-state index is 11.0.